The number of carbonyl (C=O) groups excluding carboxylic acids is 1. The molecule has 6 nitrogen and oxygen atoms in total. The second kappa shape index (κ2) is 7.93. The highest BCUT2D eigenvalue weighted by molar-refractivity contribution is 9.11. The number of nitrogens with one attached hydrogen (secondary N) is 1. The third-order valence-corrected chi connectivity index (χ3v) is 7.67. The highest BCUT2D eigenvalue weighted by Crippen LogP contribution is 2.32. The summed E-state index contributed by atoms with van der Waals surface area (Å²) in [6.07, 6.45) is 1.79. The van der Waals surface area contributed by atoms with E-state index in [1.54, 1.807) is 13.2 Å². The van der Waals surface area contributed by atoms with Crippen molar-refractivity contribution in [2.45, 2.75) is 23.1 Å². The Morgan fingerprint density at radius 3 is 2.71 bits per heavy atom. The highest BCUT2D eigenvalue weighted by Gasteiger charge is 2.27. The van der Waals surface area contributed by atoms with Gasteiger partial charge in [0, 0.05) is 11.3 Å². The maximum atomic E-state index is 12.3. The van der Waals surface area contributed by atoms with Crippen LogP contribution < -0.4 is 4.72 Å². The van der Waals surface area contributed by atoms with E-state index in [9.17, 15) is 18.3 Å². The van der Waals surface area contributed by atoms with Crippen molar-refractivity contribution in [3.63, 3.8) is 0 Å². The molecule has 1 aromatic heterocycles. The van der Waals surface area contributed by atoms with Gasteiger partial charge in [-0.25, -0.2) is 17.9 Å². The van der Waals surface area contributed by atoms with E-state index in [1.165, 1.54) is 24.9 Å². The average Bonchev–Trinajstić information content (AvgIpc) is 2.81. The quantitative estimate of drug-likeness (QED) is 0.655. The van der Waals surface area contributed by atoms with E-state index in [4.69, 9.17) is 0 Å². The molecule has 2 unspecified atom stereocenters. The number of methoxy groups -OCH3 is 1. The van der Waals surface area contributed by atoms with Crippen LogP contribution in [0, 0.1) is 0 Å². The SMILES string of the molecule is COC(=O)c1cc(S(=O)(=O)NC(C)C(CO)SC)c(Br)s1. The number of hydrogen-bond acceptors (Lipinski definition) is 7. The zero-order valence-corrected chi connectivity index (χ0v) is 15.7. The number of aliphatic hydroxyl groups excluding tert-OH is 1. The molecule has 1 heterocycles. The van der Waals surface area contributed by atoms with Crippen LogP contribution in [0.3, 0.4) is 0 Å². The van der Waals surface area contributed by atoms with E-state index >= 15 is 0 Å². The van der Waals surface area contributed by atoms with Gasteiger partial charge in [0.15, 0.2) is 0 Å². The van der Waals surface area contributed by atoms with Crippen LogP contribution in [-0.2, 0) is 14.8 Å². The minimum Gasteiger partial charge on any atom is -0.465 e. The van der Waals surface area contributed by atoms with Gasteiger partial charge in [-0.2, -0.15) is 11.8 Å². The van der Waals surface area contributed by atoms with Crippen LogP contribution in [0.4, 0.5) is 0 Å². The van der Waals surface area contributed by atoms with Crippen molar-refractivity contribution >= 4 is 55.0 Å². The lowest BCUT2D eigenvalue weighted by molar-refractivity contribution is 0.0606. The fraction of sp³-hybridized carbons (Fsp3) is 0.545. The first kappa shape index (κ1) is 18.9. The van der Waals surface area contributed by atoms with Gasteiger partial charge >= 0.3 is 5.97 Å². The second-order valence-corrected chi connectivity index (χ2v) is 9.24. The Morgan fingerprint density at radius 2 is 2.24 bits per heavy atom. The average molecular weight is 418 g/mol. The number of ether oxygens (including phenoxy) is 1. The number of rotatable bonds is 7. The molecule has 2 N–H and O–H groups in total. The van der Waals surface area contributed by atoms with Crippen LogP contribution in [0.1, 0.15) is 16.6 Å². The van der Waals surface area contributed by atoms with E-state index in [-0.39, 0.29) is 21.6 Å². The molecule has 0 spiro atoms. The molecule has 10 heteroatoms. The summed E-state index contributed by atoms with van der Waals surface area (Å²) in [5.41, 5.74) is 0. The van der Waals surface area contributed by atoms with Crippen molar-refractivity contribution in [2.24, 2.45) is 0 Å². The number of thioether (sulfide) groups is 1. The Kier molecular flexibility index (Phi) is 7.14. The summed E-state index contributed by atoms with van der Waals surface area (Å²) in [7, 11) is -2.56. The summed E-state index contributed by atoms with van der Waals surface area (Å²) in [4.78, 5) is 11.6. The Bertz CT molecular complexity index is 597. The van der Waals surface area contributed by atoms with Crippen LogP contribution in [-0.4, -0.2) is 50.8 Å². The Morgan fingerprint density at radius 1 is 1.62 bits per heavy atom. The molecule has 1 aromatic rings. The van der Waals surface area contributed by atoms with Crippen molar-refractivity contribution in [2.75, 3.05) is 20.0 Å². The van der Waals surface area contributed by atoms with Gasteiger partial charge in [0.05, 0.1) is 17.5 Å². The number of thiophene rings is 1. The lowest BCUT2D eigenvalue weighted by Crippen LogP contribution is -2.41. The molecule has 0 aliphatic carbocycles. The molecule has 0 aromatic carbocycles. The predicted octanol–water partition coefficient (Wildman–Crippen LogP) is 1.69. The molecule has 0 bridgehead atoms. The molecule has 0 radical (unpaired) electrons. The van der Waals surface area contributed by atoms with Gasteiger partial charge in [0.1, 0.15) is 9.77 Å². The molecular weight excluding hydrogens is 402 g/mol. The van der Waals surface area contributed by atoms with Crippen molar-refractivity contribution in [1.29, 1.82) is 0 Å². The fourth-order valence-electron chi connectivity index (χ4n) is 1.56. The molecule has 0 amide bonds. The minimum atomic E-state index is -3.79. The predicted molar refractivity (Wildman–Crippen MR) is 87.5 cm³/mol. The highest BCUT2D eigenvalue weighted by atomic mass is 79.9. The van der Waals surface area contributed by atoms with Gasteiger partial charge < -0.3 is 9.84 Å². The van der Waals surface area contributed by atoms with Crippen molar-refractivity contribution in [3.05, 3.63) is 14.7 Å². The first-order chi connectivity index (χ1) is 9.76. The monoisotopic (exact) mass is 417 g/mol. The normalized spacial score (nSPS) is 14.7. The summed E-state index contributed by atoms with van der Waals surface area (Å²) in [6.45, 7) is 1.54. The van der Waals surface area contributed by atoms with Crippen LogP contribution in [0.5, 0.6) is 0 Å². The van der Waals surface area contributed by atoms with Gasteiger partial charge in [-0.3, -0.25) is 0 Å². The van der Waals surface area contributed by atoms with Crippen LogP contribution in [0.15, 0.2) is 14.7 Å². The van der Waals surface area contributed by atoms with Crippen LogP contribution in [0.2, 0.25) is 0 Å². The van der Waals surface area contributed by atoms with Gasteiger partial charge in [0.25, 0.3) is 0 Å². The number of aliphatic hydroxyl groups is 1. The molecule has 0 fully saturated rings. The topological polar surface area (TPSA) is 92.7 Å². The largest absolute Gasteiger partial charge is 0.465 e. The number of esters is 1. The Hall–Kier alpha value is -0.130. The summed E-state index contributed by atoms with van der Waals surface area (Å²) in [6, 6.07) is 0.811. The molecule has 0 aliphatic heterocycles. The summed E-state index contributed by atoms with van der Waals surface area (Å²) < 4.78 is 32.1. The third-order valence-electron chi connectivity index (χ3n) is 2.71. The zero-order chi connectivity index (χ0) is 16.2. The van der Waals surface area contributed by atoms with E-state index in [2.05, 4.69) is 25.4 Å². The Balaban J connectivity index is 3.03. The number of carbonyl (C=O) groups is 1. The third kappa shape index (κ3) is 4.67. The Labute approximate surface area is 140 Å². The van der Waals surface area contributed by atoms with E-state index in [0.717, 1.165) is 11.3 Å². The molecule has 120 valence electrons. The molecule has 21 heavy (non-hydrogen) atoms. The molecular formula is C11H16BrNO5S3. The number of hydrogen-bond donors (Lipinski definition) is 2. The van der Waals surface area contributed by atoms with Crippen LogP contribution in [0.25, 0.3) is 0 Å². The number of halogens is 1. The van der Waals surface area contributed by atoms with Gasteiger partial charge in [-0.15, -0.1) is 11.3 Å². The molecule has 0 saturated heterocycles. The smallest absolute Gasteiger partial charge is 0.348 e. The van der Waals surface area contributed by atoms with E-state index < -0.39 is 22.0 Å². The lowest BCUT2D eigenvalue weighted by atomic mass is 10.3. The summed E-state index contributed by atoms with van der Waals surface area (Å²) >= 11 is 5.51. The van der Waals surface area contributed by atoms with Gasteiger partial charge in [0.2, 0.25) is 10.0 Å². The zero-order valence-electron chi connectivity index (χ0n) is 11.6. The molecule has 1 rings (SSSR count). The van der Waals surface area contributed by atoms with Crippen LogP contribution >= 0.6 is 39.0 Å². The summed E-state index contributed by atoms with van der Waals surface area (Å²) in [5.74, 6) is -0.590. The number of sulfonamides is 1. The first-order valence-electron chi connectivity index (χ1n) is 5.80. The van der Waals surface area contributed by atoms with Crippen molar-refractivity contribution in [3.8, 4) is 0 Å². The fourth-order valence-corrected chi connectivity index (χ4v) is 6.04. The molecule has 0 saturated carbocycles. The minimum absolute atomic E-state index is 0.0162. The first-order valence-corrected chi connectivity index (χ1v) is 10.2. The van der Waals surface area contributed by atoms with Crippen molar-refractivity contribution < 1.29 is 23.1 Å². The maximum absolute atomic E-state index is 12.3. The van der Waals surface area contributed by atoms with Crippen molar-refractivity contribution in [1.82, 2.24) is 4.72 Å². The molecule has 0 aliphatic rings. The standard InChI is InChI=1S/C11H16BrNO5S3/c1-6(8(5-14)19-3)13-21(16,17)9-4-7(11(15)18-2)20-10(9)12/h4,6,8,13-14H,5H2,1-3H3. The van der Waals surface area contributed by atoms with Gasteiger partial charge in [-0.1, -0.05) is 0 Å². The van der Waals surface area contributed by atoms with E-state index in [0.29, 0.717) is 3.79 Å². The summed E-state index contributed by atoms with van der Waals surface area (Å²) in [5, 5.41) is 8.95. The maximum Gasteiger partial charge on any atom is 0.348 e. The second-order valence-electron chi connectivity index (χ2n) is 4.11. The molecule has 2 atom stereocenters. The lowest BCUT2D eigenvalue weighted by Gasteiger charge is -2.20. The van der Waals surface area contributed by atoms with E-state index in [1.807, 2.05) is 0 Å². The van der Waals surface area contributed by atoms with Gasteiger partial charge in [-0.05, 0) is 35.2 Å².